The van der Waals surface area contributed by atoms with Gasteiger partial charge in [0.25, 0.3) is 0 Å². The SMILES string of the molecule is CCC(C)CNC(C)c1c(Cl)ccc(F)c1Cl. The summed E-state index contributed by atoms with van der Waals surface area (Å²) in [6.45, 7) is 7.10. The smallest absolute Gasteiger partial charge is 0.142 e. The topological polar surface area (TPSA) is 12.0 Å². The van der Waals surface area contributed by atoms with E-state index in [0.29, 0.717) is 16.5 Å². The first-order valence-corrected chi connectivity index (χ1v) is 6.59. The first-order valence-electron chi connectivity index (χ1n) is 5.84. The molecule has 0 amide bonds. The van der Waals surface area contributed by atoms with Gasteiger partial charge in [0.05, 0.1) is 5.02 Å². The van der Waals surface area contributed by atoms with Crippen LogP contribution in [0.15, 0.2) is 12.1 Å². The van der Waals surface area contributed by atoms with Gasteiger partial charge in [0.2, 0.25) is 0 Å². The molecule has 0 aliphatic heterocycles. The van der Waals surface area contributed by atoms with Crippen LogP contribution in [0.1, 0.15) is 38.8 Å². The maximum absolute atomic E-state index is 13.4. The molecule has 96 valence electrons. The van der Waals surface area contributed by atoms with Gasteiger partial charge in [0, 0.05) is 16.6 Å². The van der Waals surface area contributed by atoms with Crippen molar-refractivity contribution in [2.45, 2.75) is 33.2 Å². The van der Waals surface area contributed by atoms with Gasteiger partial charge in [-0.25, -0.2) is 4.39 Å². The second-order valence-electron chi connectivity index (χ2n) is 4.40. The second kappa shape index (κ2) is 6.58. The van der Waals surface area contributed by atoms with Crippen LogP contribution in [0.25, 0.3) is 0 Å². The van der Waals surface area contributed by atoms with Gasteiger partial charge in [-0.3, -0.25) is 0 Å². The molecule has 0 radical (unpaired) electrons. The van der Waals surface area contributed by atoms with Crippen molar-refractivity contribution in [1.82, 2.24) is 5.32 Å². The molecule has 4 heteroatoms. The third kappa shape index (κ3) is 3.84. The molecular weight excluding hydrogens is 260 g/mol. The Hall–Kier alpha value is -0.310. The van der Waals surface area contributed by atoms with Crippen LogP contribution in [0.2, 0.25) is 10.0 Å². The van der Waals surface area contributed by atoms with Crippen molar-refractivity contribution in [3.63, 3.8) is 0 Å². The first kappa shape index (κ1) is 14.7. The molecule has 1 aromatic carbocycles. The lowest BCUT2D eigenvalue weighted by Gasteiger charge is -2.19. The van der Waals surface area contributed by atoms with E-state index in [4.69, 9.17) is 23.2 Å². The Balaban J connectivity index is 2.81. The predicted molar refractivity (Wildman–Crippen MR) is 72.3 cm³/mol. The number of hydrogen-bond acceptors (Lipinski definition) is 1. The van der Waals surface area contributed by atoms with E-state index in [0.717, 1.165) is 13.0 Å². The quantitative estimate of drug-likeness (QED) is 0.761. The molecule has 17 heavy (non-hydrogen) atoms. The summed E-state index contributed by atoms with van der Waals surface area (Å²) in [5, 5.41) is 3.94. The van der Waals surface area contributed by atoms with Crippen LogP contribution in [-0.4, -0.2) is 6.54 Å². The number of hydrogen-bond donors (Lipinski definition) is 1. The fraction of sp³-hybridized carbons (Fsp3) is 0.538. The molecule has 0 aliphatic rings. The number of benzene rings is 1. The predicted octanol–water partition coefficient (Wildman–Crippen LogP) is 4.83. The molecule has 2 atom stereocenters. The van der Waals surface area contributed by atoms with Gasteiger partial charge in [-0.05, 0) is 31.5 Å². The molecule has 1 aromatic rings. The van der Waals surface area contributed by atoms with Gasteiger partial charge in [0.15, 0.2) is 0 Å². The van der Waals surface area contributed by atoms with Gasteiger partial charge in [-0.15, -0.1) is 0 Å². The Morgan fingerprint density at radius 3 is 2.53 bits per heavy atom. The summed E-state index contributed by atoms with van der Waals surface area (Å²) in [4.78, 5) is 0. The molecular formula is C13H18Cl2FN. The van der Waals surface area contributed by atoms with Crippen molar-refractivity contribution in [2.75, 3.05) is 6.54 Å². The lowest BCUT2D eigenvalue weighted by Crippen LogP contribution is -2.24. The third-order valence-corrected chi connectivity index (χ3v) is 3.70. The van der Waals surface area contributed by atoms with E-state index in [1.54, 1.807) is 6.07 Å². The number of halogens is 3. The van der Waals surface area contributed by atoms with Crippen molar-refractivity contribution in [2.24, 2.45) is 5.92 Å². The molecule has 0 aliphatic carbocycles. The zero-order valence-corrected chi connectivity index (χ0v) is 11.9. The van der Waals surface area contributed by atoms with Gasteiger partial charge in [-0.2, -0.15) is 0 Å². The van der Waals surface area contributed by atoms with Crippen LogP contribution in [0, 0.1) is 11.7 Å². The Kier molecular flexibility index (Phi) is 5.71. The average Bonchev–Trinajstić information content (AvgIpc) is 2.31. The summed E-state index contributed by atoms with van der Waals surface area (Å²) in [5.41, 5.74) is 0.636. The van der Waals surface area contributed by atoms with Gasteiger partial charge in [-0.1, -0.05) is 43.5 Å². The van der Waals surface area contributed by atoms with Crippen LogP contribution < -0.4 is 5.32 Å². The van der Waals surface area contributed by atoms with Crippen LogP contribution in [0.4, 0.5) is 4.39 Å². The largest absolute Gasteiger partial charge is 0.310 e. The van der Waals surface area contributed by atoms with Crippen molar-refractivity contribution in [3.8, 4) is 0 Å². The van der Waals surface area contributed by atoms with E-state index in [9.17, 15) is 4.39 Å². The highest BCUT2D eigenvalue weighted by molar-refractivity contribution is 6.36. The van der Waals surface area contributed by atoms with E-state index in [-0.39, 0.29) is 11.1 Å². The fourth-order valence-corrected chi connectivity index (χ4v) is 2.26. The molecule has 2 unspecified atom stereocenters. The molecule has 0 heterocycles. The maximum atomic E-state index is 13.4. The van der Waals surface area contributed by atoms with Gasteiger partial charge in [0.1, 0.15) is 5.82 Å². The molecule has 0 aromatic heterocycles. The zero-order valence-electron chi connectivity index (χ0n) is 10.4. The summed E-state index contributed by atoms with van der Waals surface area (Å²) in [5.74, 6) is 0.145. The third-order valence-electron chi connectivity index (χ3n) is 2.98. The Morgan fingerprint density at radius 1 is 1.29 bits per heavy atom. The van der Waals surface area contributed by atoms with Crippen molar-refractivity contribution < 1.29 is 4.39 Å². The molecule has 1 N–H and O–H groups in total. The Morgan fingerprint density at radius 2 is 1.94 bits per heavy atom. The minimum absolute atomic E-state index is 0.0558. The molecule has 1 rings (SSSR count). The Labute approximate surface area is 112 Å². The molecule has 0 saturated heterocycles. The average molecular weight is 278 g/mol. The summed E-state index contributed by atoms with van der Waals surface area (Å²) in [6, 6.07) is 2.77. The summed E-state index contributed by atoms with van der Waals surface area (Å²) >= 11 is 12.0. The maximum Gasteiger partial charge on any atom is 0.142 e. The standard InChI is InChI=1S/C13H18Cl2FN/c1-4-8(2)7-17-9(3)12-10(14)5-6-11(16)13(12)15/h5-6,8-9,17H,4,7H2,1-3H3. The van der Waals surface area contributed by atoms with Crippen molar-refractivity contribution in [1.29, 1.82) is 0 Å². The fourth-order valence-electron chi connectivity index (χ4n) is 1.56. The Bertz CT molecular complexity index is 382. The summed E-state index contributed by atoms with van der Waals surface area (Å²) < 4.78 is 13.4. The van der Waals surface area contributed by atoms with Crippen LogP contribution in [0.3, 0.4) is 0 Å². The van der Waals surface area contributed by atoms with Gasteiger partial charge < -0.3 is 5.32 Å². The minimum atomic E-state index is -0.428. The molecule has 0 saturated carbocycles. The monoisotopic (exact) mass is 277 g/mol. The minimum Gasteiger partial charge on any atom is -0.310 e. The zero-order chi connectivity index (χ0) is 13.0. The van der Waals surface area contributed by atoms with E-state index in [1.807, 2.05) is 6.92 Å². The molecule has 1 nitrogen and oxygen atoms in total. The number of nitrogens with one attached hydrogen (secondary N) is 1. The van der Waals surface area contributed by atoms with Gasteiger partial charge >= 0.3 is 0 Å². The molecule has 0 fully saturated rings. The molecule has 0 bridgehead atoms. The summed E-state index contributed by atoms with van der Waals surface area (Å²) in [6.07, 6.45) is 1.10. The highest BCUT2D eigenvalue weighted by Crippen LogP contribution is 2.32. The summed E-state index contributed by atoms with van der Waals surface area (Å²) in [7, 11) is 0. The highest BCUT2D eigenvalue weighted by atomic mass is 35.5. The van der Waals surface area contributed by atoms with Crippen LogP contribution >= 0.6 is 23.2 Å². The van der Waals surface area contributed by atoms with Crippen LogP contribution in [0.5, 0.6) is 0 Å². The lowest BCUT2D eigenvalue weighted by atomic mass is 10.1. The van der Waals surface area contributed by atoms with Crippen molar-refractivity contribution in [3.05, 3.63) is 33.6 Å². The van der Waals surface area contributed by atoms with Crippen molar-refractivity contribution >= 4 is 23.2 Å². The second-order valence-corrected chi connectivity index (χ2v) is 5.19. The number of rotatable bonds is 5. The molecule has 0 spiro atoms. The highest BCUT2D eigenvalue weighted by Gasteiger charge is 2.16. The van der Waals surface area contributed by atoms with E-state index < -0.39 is 5.82 Å². The first-order chi connectivity index (χ1) is 7.97. The normalized spacial score (nSPS) is 14.7. The van der Waals surface area contributed by atoms with Crippen LogP contribution in [-0.2, 0) is 0 Å². The lowest BCUT2D eigenvalue weighted by molar-refractivity contribution is 0.460. The van der Waals surface area contributed by atoms with E-state index in [1.165, 1.54) is 6.07 Å². The van der Waals surface area contributed by atoms with E-state index in [2.05, 4.69) is 19.2 Å². The van der Waals surface area contributed by atoms with E-state index >= 15 is 0 Å².